The first-order chi connectivity index (χ1) is 14.0. The fourth-order valence-electron chi connectivity index (χ4n) is 4.33. The highest BCUT2D eigenvalue weighted by molar-refractivity contribution is 5.79. The van der Waals surface area contributed by atoms with Gasteiger partial charge in [-0.3, -0.25) is 9.48 Å². The third-order valence-electron chi connectivity index (χ3n) is 6.20. The molecule has 0 radical (unpaired) electrons. The molecule has 0 saturated carbocycles. The minimum Gasteiger partial charge on any atom is -0.352 e. The van der Waals surface area contributed by atoms with Gasteiger partial charge in [0.25, 0.3) is 0 Å². The van der Waals surface area contributed by atoms with Crippen LogP contribution in [0, 0.1) is 18.8 Å². The van der Waals surface area contributed by atoms with Gasteiger partial charge in [0.1, 0.15) is 0 Å². The molecular weight excluding hydrogens is 364 g/mol. The number of aromatic nitrogens is 4. The maximum absolute atomic E-state index is 12.8. The average Bonchev–Trinajstić information content (AvgIpc) is 3.12. The molecule has 1 saturated heterocycles. The van der Waals surface area contributed by atoms with Crippen LogP contribution < -0.4 is 10.2 Å². The van der Waals surface area contributed by atoms with E-state index in [1.807, 2.05) is 37.0 Å². The molecule has 1 fully saturated rings. The summed E-state index contributed by atoms with van der Waals surface area (Å²) in [5.74, 6) is 1.78. The lowest BCUT2D eigenvalue weighted by atomic mass is 9.86. The molecular formula is C22H32N6O. The molecule has 1 N–H and O–H groups in total. The molecule has 2 atom stereocenters. The summed E-state index contributed by atoms with van der Waals surface area (Å²) in [7, 11) is 0. The van der Waals surface area contributed by atoms with Crippen LogP contribution in [0.15, 0.2) is 18.5 Å². The highest BCUT2D eigenvalue weighted by atomic mass is 16.1. The summed E-state index contributed by atoms with van der Waals surface area (Å²) in [5, 5.41) is 7.55. The van der Waals surface area contributed by atoms with E-state index in [-0.39, 0.29) is 17.9 Å². The first-order valence-electron chi connectivity index (χ1n) is 10.9. The van der Waals surface area contributed by atoms with Crippen molar-refractivity contribution >= 4 is 11.9 Å². The van der Waals surface area contributed by atoms with Crippen molar-refractivity contribution in [1.82, 2.24) is 25.1 Å². The van der Waals surface area contributed by atoms with Gasteiger partial charge in [0.15, 0.2) is 0 Å². The zero-order valence-corrected chi connectivity index (χ0v) is 17.8. The number of hydrogen-bond donors (Lipinski definition) is 1. The summed E-state index contributed by atoms with van der Waals surface area (Å²) in [4.78, 5) is 24.5. The monoisotopic (exact) mass is 396 g/mol. The quantitative estimate of drug-likeness (QED) is 0.840. The SMILES string of the molecule is Cc1ccn(C[C@H](C)NC(=O)[C@@H]2CCc3nc(N4CCC(C)CC4)ncc3C2)n1. The molecule has 1 amide bonds. The second kappa shape index (κ2) is 8.51. The van der Waals surface area contributed by atoms with Crippen LogP contribution in [0.25, 0.3) is 0 Å². The molecule has 7 nitrogen and oxygen atoms in total. The van der Waals surface area contributed by atoms with Crippen LogP contribution in [0.1, 0.15) is 50.1 Å². The maximum Gasteiger partial charge on any atom is 0.225 e. The molecule has 0 aromatic carbocycles. The Morgan fingerprint density at radius 2 is 2.10 bits per heavy atom. The van der Waals surface area contributed by atoms with Crippen LogP contribution in [0.3, 0.4) is 0 Å². The van der Waals surface area contributed by atoms with Gasteiger partial charge in [0.2, 0.25) is 11.9 Å². The van der Waals surface area contributed by atoms with Gasteiger partial charge in [-0.25, -0.2) is 9.97 Å². The van der Waals surface area contributed by atoms with Crippen molar-refractivity contribution < 1.29 is 4.79 Å². The Bertz CT molecular complexity index is 855. The highest BCUT2D eigenvalue weighted by Gasteiger charge is 2.28. The van der Waals surface area contributed by atoms with Gasteiger partial charge in [-0.05, 0) is 63.5 Å². The highest BCUT2D eigenvalue weighted by Crippen LogP contribution is 2.27. The minimum absolute atomic E-state index is 0.00501. The van der Waals surface area contributed by atoms with Gasteiger partial charge in [-0.15, -0.1) is 0 Å². The topological polar surface area (TPSA) is 75.9 Å². The minimum atomic E-state index is -0.00501. The van der Waals surface area contributed by atoms with E-state index in [1.54, 1.807) is 0 Å². The summed E-state index contributed by atoms with van der Waals surface area (Å²) >= 11 is 0. The number of fused-ring (bicyclic) bond motifs is 1. The van der Waals surface area contributed by atoms with Crippen LogP contribution in [0.5, 0.6) is 0 Å². The van der Waals surface area contributed by atoms with Crippen molar-refractivity contribution in [3.05, 3.63) is 35.4 Å². The Morgan fingerprint density at radius 1 is 1.31 bits per heavy atom. The summed E-state index contributed by atoms with van der Waals surface area (Å²) in [6, 6.07) is 2.02. The molecule has 0 bridgehead atoms. The number of nitrogens with one attached hydrogen (secondary N) is 1. The lowest BCUT2D eigenvalue weighted by Gasteiger charge is -2.31. The number of piperidine rings is 1. The van der Waals surface area contributed by atoms with Crippen LogP contribution >= 0.6 is 0 Å². The van der Waals surface area contributed by atoms with Crippen LogP contribution in [0.2, 0.25) is 0 Å². The number of aryl methyl sites for hydroxylation is 2. The number of amides is 1. The van der Waals surface area contributed by atoms with Crippen molar-refractivity contribution in [3.63, 3.8) is 0 Å². The van der Waals surface area contributed by atoms with Gasteiger partial charge in [0.05, 0.1) is 12.2 Å². The third kappa shape index (κ3) is 4.77. The fraction of sp³-hybridized carbons (Fsp3) is 0.636. The van der Waals surface area contributed by atoms with Crippen LogP contribution in [-0.2, 0) is 24.2 Å². The van der Waals surface area contributed by atoms with Crippen molar-refractivity contribution in [3.8, 4) is 0 Å². The second-order valence-corrected chi connectivity index (χ2v) is 8.84. The standard InChI is InChI=1S/C22H32N6O/c1-15-6-9-27(10-7-15)22-23-13-19-12-18(4-5-20(19)25-22)21(29)24-17(3)14-28-11-8-16(2)26-28/h8,11,13,15,17-18H,4-7,9-10,12,14H2,1-3H3,(H,24,29)/t17-,18+/m0/s1. The molecule has 7 heteroatoms. The number of carbonyl (C=O) groups excluding carboxylic acids is 1. The number of nitrogens with zero attached hydrogens (tertiary/aromatic N) is 5. The van der Waals surface area contributed by atoms with E-state index in [0.717, 1.165) is 61.2 Å². The molecule has 2 aliphatic rings. The predicted octanol–water partition coefficient (Wildman–Crippen LogP) is 2.53. The second-order valence-electron chi connectivity index (χ2n) is 8.84. The van der Waals surface area contributed by atoms with Gasteiger partial charge in [0, 0.05) is 43.1 Å². The zero-order chi connectivity index (χ0) is 20.4. The molecule has 4 rings (SSSR count). The van der Waals surface area contributed by atoms with Crippen LogP contribution in [0.4, 0.5) is 5.95 Å². The van der Waals surface area contributed by atoms with Crippen molar-refractivity contribution in [2.75, 3.05) is 18.0 Å². The third-order valence-corrected chi connectivity index (χ3v) is 6.20. The van der Waals surface area contributed by atoms with E-state index in [4.69, 9.17) is 4.98 Å². The largest absolute Gasteiger partial charge is 0.352 e. The van der Waals surface area contributed by atoms with Crippen molar-refractivity contribution in [2.45, 2.75) is 65.5 Å². The molecule has 156 valence electrons. The molecule has 2 aromatic heterocycles. The summed E-state index contributed by atoms with van der Waals surface area (Å²) in [6.07, 6.45) is 8.74. The fourth-order valence-corrected chi connectivity index (χ4v) is 4.33. The first-order valence-corrected chi connectivity index (χ1v) is 10.9. The Hall–Kier alpha value is -2.44. The zero-order valence-electron chi connectivity index (χ0n) is 17.8. The van der Waals surface area contributed by atoms with Gasteiger partial charge in [-0.2, -0.15) is 5.10 Å². The molecule has 0 unspecified atom stereocenters. The summed E-state index contributed by atoms with van der Waals surface area (Å²) < 4.78 is 1.88. The summed E-state index contributed by atoms with van der Waals surface area (Å²) in [5.41, 5.74) is 3.24. The number of hydrogen-bond acceptors (Lipinski definition) is 5. The molecule has 3 heterocycles. The Labute approximate surface area is 172 Å². The van der Waals surface area contributed by atoms with E-state index >= 15 is 0 Å². The van der Waals surface area contributed by atoms with Crippen molar-refractivity contribution in [1.29, 1.82) is 0 Å². The molecule has 2 aromatic rings. The van der Waals surface area contributed by atoms with Gasteiger partial charge >= 0.3 is 0 Å². The molecule has 0 spiro atoms. The van der Waals surface area contributed by atoms with Crippen molar-refractivity contribution in [2.24, 2.45) is 11.8 Å². The molecule has 1 aliphatic heterocycles. The Morgan fingerprint density at radius 3 is 2.83 bits per heavy atom. The number of anilines is 1. The lowest BCUT2D eigenvalue weighted by molar-refractivity contribution is -0.126. The smallest absolute Gasteiger partial charge is 0.225 e. The predicted molar refractivity (Wildman–Crippen MR) is 113 cm³/mol. The lowest BCUT2D eigenvalue weighted by Crippen LogP contribution is -2.41. The maximum atomic E-state index is 12.8. The van der Waals surface area contributed by atoms with E-state index in [0.29, 0.717) is 6.54 Å². The normalized spacial score (nSPS) is 20.9. The molecule has 1 aliphatic carbocycles. The number of carbonyl (C=O) groups is 1. The summed E-state index contributed by atoms with van der Waals surface area (Å²) in [6.45, 7) is 9.08. The Balaban J connectivity index is 1.34. The van der Waals surface area contributed by atoms with Crippen LogP contribution in [-0.4, -0.2) is 44.8 Å². The Kier molecular flexibility index (Phi) is 5.83. The van der Waals surface area contributed by atoms with Gasteiger partial charge < -0.3 is 10.2 Å². The number of rotatable bonds is 5. The van der Waals surface area contributed by atoms with E-state index < -0.39 is 0 Å². The van der Waals surface area contributed by atoms with E-state index in [2.05, 4.69) is 27.2 Å². The first kappa shape index (κ1) is 19.9. The van der Waals surface area contributed by atoms with E-state index in [9.17, 15) is 4.79 Å². The molecule has 29 heavy (non-hydrogen) atoms. The van der Waals surface area contributed by atoms with Gasteiger partial charge in [-0.1, -0.05) is 6.92 Å². The average molecular weight is 397 g/mol. The van der Waals surface area contributed by atoms with E-state index in [1.165, 1.54) is 12.8 Å².